The second kappa shape index (κ2) is 9.40. The molecule has 218 valence electrons. The summed E-state index contributed by atoms with van der Waals surface area (Å²) >= 11 is 0. The monoisotopic (exact) mass is 547 g/mol. The Kier molecular flexibility index (Phi) is 6.88. The average molecular weight is 548 g/mol. The highest BCUT2D eigenvalue weighted by Gasteiger charge is 2.72. The van der Waals surface area contributed by atoms with E-state index in [1.165, 1.54) is 18.4 Å². The Labute approximate surface area is 241 Å². The Bertz CT molecular complexity index is 1240. The number of carbonyl (C=O) groups excluding carboxylic acids is 3. The third kappa shape index (κ3) is 3.59. The van der Waals surface area contributed by atoms with Crippen molar-refractivity contribution in [2.45, 2.75) is 107 Å². The molecule has 3 fully saturated rings. The summed E-state index contributed by atoms with van der Waals surface area (Å²) in [4.78, 5) is 41.9. The second-order valence-corrected chi connectivity index (χ2v) is 15.3. The smallest absolute Gasteiger partial charge is 0.320 e. The first kappa shape index (κ1) is 29.3. The summed E-state index contributed by atoms with van der Waals surface area (Å²) in [5, 5.41) is 10.1. The van der Waals surface area contributed by atoms with E-state index in [4.69, 9.17) is 4.74 Å². The first-order valence-electron chi connectivity index (χ1n) is 15.8. The number of Topliss-reactive ketones (excluding diaryl/α,β-unsaturated/α-hetero) is 1. The quantitative estimate of drug-likeness (QED) is 0.208. The van der Waals surface area contributed by atoms with Gasteiger partial charge in [-0.3, -0.25) is 14.4 Å². The van der Waals surface area contributed by atoms with Crippen LogP contribution in [0.4, 0.5) is 0 Å². The molecule has 5 nitrogen and oxygen atoms in total. The van der Waals surface area contributed by atoms with Crippen molar-refractivity contribution in [3.8, 4) is 6.07 Å². The molecule has 10 atom stereocenters. The summed E-state index contributed by atoms with van der Waals surface area (Å²) in [6, 6.07) is 2.11. The number of rotatable bonds is 4. The number of hydrogen-bond acceptors (Lipinski definition) is 5. The molecule has 5 aliphatic rings. The molecule has 0 bridgehead atoms. The molecule has 0 N–H and O–H groups in total. The fourth-order valence-electron chi connectivity index (χ4n) is 10.7. The minimum atomic E-state index is -1.48. The molecular formula is C35H49NO4. The number of nitrogens with zero attached hydrogens (tertiary/aromatic N) is 1. The maximum Gasteiger partial charge on any atom is 0.320 e. The highest BCUT2D eigenvalue weighted by atomic mass is 16.5. The summed E-state index contributed by atoms with van der Waals surface area (Å²) in [6.07, 6.45) is 11.4. The SMILES string of the molecule is CCCCOC(=O)[C@@]1(C)C(=O)C(C#N)=C[C@@]2(C)C1CC[C@]1(C)C2C(=O)C=C2C3[C@@H](C)[C@H](C)CC[C@]3(C)CC[C@]21C. The van der Waals surface area contributed by atoms with Crippen molar-refractivity contribution < 1.29 is 19.1 Å². The van der Waals surface area contributed by atoms with E-state index in [0.29, 0.717) is 24.2 Å². The summed E-state index contributed by atoms with van der Waals surface area (Å²) < 4.78 is 5.67. The third-order valence-electron chi connectivity index (χ3n) is 13.5. The molecule has 0 amide bonds. The van der Waals surface area contributed by atoms with E-state index in [0.717, 1.165) is 32.1 Å². The van der Waals surface area contributed by atoms with Crippen molar-refractivity contribution in [2.24, 2.45) is 56.7 Å². The number of hydrogen-bond donors (Lipinski definition) is 0. The van der Waals surface area contributed by atoms with E-state index in [1.807, 2.05) is 19.9 Å². The van der Waals surface area contributed by atoms with Crippen molar-refractivity contribution in [1.82, 2.24) is 0 Å². The Morgan fingerprint density at radius 1 is 1.05 bits per heavy atom. The standard InChI is InChI=1S/C35H49NO4/c1-9-10-17-40-30(39)35(8)26-12-14-34(7)28(32(26,5)19-23(20-36)29(35)38)25(37)18-24-27-22(3)21(2)11-13-31(27,4)15-16-33(24,34)6/h18-19,21-22,26-28H,9-17H2,1-8H3/t21-,22+,26?,27?,28?,31-,32+,33-,34-,35-/m1/s1. The van der Waals surface area contributed by atoms with Gasteiger partial charge in [0.15, 0.2) is 11.6 Å². The summed E-state index contributed by atoms with van der Waals surface area (Å²) in [6.45, 7) is 17.9. The molecule has 5 heteroatoms. The number of esters is 1. The Morgan fingerprint density at radius 3 is 2.40 bits per heavy atom. The first-order chi connectivity index (χ1) is 18.7. The molecule has 5 rings (SSSR count). The fourth-order valence-corrected chi connectivity index (χ4v) is 10.7. The third-order valence-corrected chi connectivity index (χ3v) is 13.5. The number of unbranched alkanes of at least 4 members (excludes halogenated alkanes) is 1. The summed E-state index contributed by atoms with van der Waals surface area (Å²) in [5.74, 6) is -0.166. The van der Waals surface area contributed by atoms with Crippen LogP contribution in [0.2, 0.25) is 0 Å². The lowest BCUT2D eigenvalue weighted by Gasteiger charge is -2.69. The van der Waals surface area contributed by atoms with Crippen molar-refractivity contribution >= 4 is 17.5 Å². The van der Waals surface area contributed by atoms with Gasteiger partial charge in [-0.25, -0.2) is 0 Å². The number of fused-ring (bicyclic) bond motifs is 7. The number of nitriles is 1. The normalized spacial score (nSPS) is 47.9. The van der Waals surface area contributed by atoms with Gasteiger partial charge in [0.25, 0.3) is 0 Å². The van der Waals surface area contributed by atoms with Crippen LogP contribution >= 0.6 is 0 Å². The number of carbonyl (C=O) groups is 3. The molecule has 0 aromatic rings. The Hall–Kier alpha value is -2.22. The Balaban J connectivity index is 1.65. The number of allylic oxidation sites excluding steroid dienone is 4. The fraction of sp³-hybridized carbons (Fsp3) is 0.771. The van der Waals surface area contributed by atoms with Crippen molar-refractivity contribution in [3.05, 3.63) is 23.3 Å². The lowest BCUT2D eigenvalue weighted by molar-refractivity contribution is -0.185. The van der Waals surface area contributed by atoms with E-state index in [-0.39, 0.29) is 34.2 Å². The van der Waals surface area contributed by atoms with Gasteiger partial charge < -0.3 is 4.74 Å². The zero-order chi connectivity index (χ0) is 29.5. The second-order valence-electron chi connectivity index (χ2n) is 15.3. The van der Waals surface area contributed by atoms with Crippen LogP contribution in [-0.2, 0) is 19.1 Å². The lowest BCUT2D eigenvalue weighted by Crippen LogP contribution is -2.67. The Morgan fingerprint density at radius 2 is 1.75 bits per heavy atom. The van der Waals surface area contributed by atoms with Crippen molar-refractivity contribution in [1.29, 1.82) is 5.26 Å². The van der Waals surface area contributed by atoms with Crippen LogP contribution in [0, 0.1) is 68.0 Å². The largest absolute Gasteiger partial charge is 0.465 e. The maximum atomic E-state index is 14.5. The predicted octanol–water partition coefficient (Wildman–Crippen LogP) is 7.41. The molecular weight excluding hydrogens is 498 g/mol. The lowest BCUT2D eigenvalue weighted by atomic mass is 9.33. The topological polar surface area (TPSA) is 84.2 Å². The first-order valence-corrected chi connectivity index (χ1v) is 15.8. The molecule has 0 saturated heterocycles. The van der Waals surface area contributed by atoms with Crippen LogP contribution in [0.5, 0.6) is 0 Å². The van der Waals surface area contributed by atoms with E-state index in [2.05, 4.69) is 40.7 Å². The van der Waals surface area contributed by atoms with Gasteiger partial charge in [-0.2, -0.15) is 5.26 Å². The predicted molar refractivity (Wildman–Crippen MR) is 155 cm³/mol. The van der Waals surface area contributed by atoms with Crippen LogP contribution in [0.15, 0.2) is 23.3 Å². The average Bonchev–Trinajstić information content (AvgIpc) is 2.90. The van der Waals surface area contributed by atoms with Crippen LogP contribution in [0.25, 0.3) is 0 Å². The highest BCUT2D eigenvalue weighted by Crippen LogP contribution is 2.74. The molecule has 0 radical (unpaired) electrons. The number of ketones is 2. The van der Waals surface area contributed by atoms with Gasteiger partial charge in [0.1, 0.15) is 11.5 Å². The highest BCUT2D eigenvalue weighted by molar-refractivity contribution is 6.15. The molecule has 0 aliphatic heterocycles. The summed E-state index contributed by atoms with van der Waals surface area (Å²) in [7, 11) is 0. The number of ether oxygens (including phenoxy) is 1. The van der Waals surface area contributed by atoms with Gasteiger partial charge in [-0.1, -0.05) is 66.5 Å². The zero-order valence-corrected chi connectivity index (χ0v) is 26.0. The van der Waals surface area contributed by atoms with Gasteiger partial charge in [0.2, 0.25) is 0 Å². The minimum Gasteiger partial charge on any atom is -0.465 e. The van der Waals surface area contributed by atoms with Gasteiger partial charge >= 0.3 is 5.97 Å². The molecule has 5 aliphatic carbocycles. The van der Waals surface area contributed by atoms with E-state index >= 15 is 0 Å². The summed E-state index contributed by atoms with van der Waals surface area (Å²) in [5.41, 5.74) is -1.22. The van der Waals surface area contributed by atoms with E-state index < -0.39 is 34.4 Å². The molecule has 0 heterocycles. The zero-order valence-electron chi connectivity index (χ0n) is 26.0. The van der Waals surface area contributed by atoms with Crippen LogP contribution in [0.1, 0.15) is 107 Å². The molecule has 3 saturated carbocycles. The van der Waals surface area contributed by atoms with E-state index in [1.54, 1.807) is 13.0 Å². The van der Waals surface area contributed by atoms with Crippen molar-refractivity contribution in [2.75, 3.05) is 6.61 Å². The van der Waals surface area contributed by atoms with Crippen molar-refractivity contribution in [3.63, 3.8) is 0 Å². The molecule has 3 unspecified atom stereocenters. The maximum absolute atomic E-state index is 14.5. The molecule has 0 aromatic carbocycles. The molecule has 0 aromatic heterocycles. The minimum absolute atomic E-state index is 0.00313. The van der Waals surface area contributed by atoms with Gasteiger partial charge in [-0.15, -0.1) is 0 Å². The van der Waals surface area contributed by atoms with E-state index in [9.17, 15) is 19.6 Å². The molecule has 40 heavy (non-hydrogen) atoms. The van der Waals surface area contributed by atoms with Gasteiger partial charge in [0, 0.05) is 11.3 Å². The van der Waals surface area contributed by atoms with Gasteiger partial charge in [-0.05, 0) is 97.9 Å². The van der Waals surface area contributed by atoms with Gasteiger partial charge in [0.05, 0.1) is 12.2 Å². The van der Waals surface area contributed by atoms with Crippen LogP contribution < -0.4 is 0 Å². The van der Waals surface area contributed by atoms with Crippen LogP contribution in [-0.4, -0.2) is 24.1 Å². The van der Waals surface area contributed by atoms with Crippen LogP contribution in [0.3, 0.4) is 0 Å². The molecule has 0 spiro atoms.